The monoisotopic (exact) mass is 219 g/mol. The van der Waals surface area contributed by atoms with Gasteiger partial charge in [0.15, 0.2) is 0 Å². The van der Waals surface area contributed by atoms with Gasteiger partial charge in [0.2, 0.25) is 0 Å². The van der Waals surface area contributed by atoms with Crippen LogP contribution in [-0.2, 0) is 0 Å². The van der Waals surface area contributed by atoms with Crippen molar-refractivity contribution in [3.05, 3.63) is 46.3 Å². The van der Waals surface area contributed by atoms with Gasteiger partial charge in [-0.05, 0) is 24.3 Å². The van der Waals surface area contributed by atoms with E-state index >= 15 is 0 Å². The van der Waals surface area contributed by atoms with Crippen LogP contribution in [0.15, 0.2) is 24.3 Å². The van der Waals surface area contributed by atoms with Gasteiger partial charge in [-0.25, -0.2) is 6.57 Å². The van der Waals surface area contributed by atoms with Gasteiger partial charge < -0.3 is 0 Å². The zero-order chi connectivity index (χ0) is 10.8. The Bertz CT molecular complexity index is 350. The maximum absolute atomic E-state index is 12.3. The molecule has 1 aromatic rings. The molecule has 0 bridgehead atoms. The van der Waals surface area contributed by atoms with Gasteiger partial charge in [0, 0.05) is 10.6 Å². The van der Waals surface area contributed by atoms with Gasteiger partial charge in [-0.15, -0.1) is 0 Å². The second kappa shape index (κ2) is 3.89. The lowest BCUT2D eigenvalue weighted by atomic mass is 10.1. The van der Waals surface area contributed by atoms with Crippen LogP contribution < -0.4 is 0 Å². The fourth-order valence-corrected chi connectivity index (χ4v) is 1.11. The van der Waals surface area contributed by atoms with Gasteiger partial charge in [-0.2, -0.15) is 13.2 Å². The third-order valence-electron chi connectivity index (χ3n) is 1.62. The minimum atomic E-state index is -4.53. The van der Waals surface area contributed by atoms with E-state index in [9.17, 15) is 13.2 Å². The molecule has 1 aromatic carbocycles. The summed E-state index contributed by atoms with van der Waals surface area (Å²) < 4.78 is 36.8. The average molecular weight is 220 g/mol. The smallest absolute Gasteiger partial charge is 0.298 e. The predicted octanol–water partition coefficient (Wildman–Crippen LogP) is 3.86. The van der Waals surface area contributed by atoms with E-state index in [1.807, 2.05) is 0 Å². The Morgan fingerprint density at radius 3 is 2.07 bits per heavy atom. The first-order chi connectivity index (χ1) is 6.45. The summed E-state index contributed by atoms with van der Waals surface area (Å²) in [6.07, 6.45) is -4.53. The van der Waals surface area contributed by atoms with Crippen molar-refractivity contribution < 1.29 is 13.2 Å². The molecule has 0 saturated carbocycles. The zero-order valence-electron chi connectivity index (χ0n) is 6.85. The lowest BCUT2D eigenvalue weighted by Crippen LogP contribution is -2.17. The Labute approximate surface area is 83.9 Å². The van der Waals surface area contributed by atoms with Crippen molar-refractivity contribution in [3.8, 4) is 0 Å². The van der Waals surface area contributed by atoms with E-state index < -0.39 is 12.2 Å². The van der Waals surface area contributed by atoms with Gasteiger partial charge in [0.05, 0.1) is 0 Å². The molecule has 0 heterocycles. The van der Waals surface area contributed by atoms with E-state index in [1.165, 1.54) is 24.3 Å². The van der Waals surface area contributed by atoms with E-state index in [-0.39, 0.29) is 5.56 Å². The van der Waals surface area contributed by atoms with Crippen LogP contribution in [0.5, 0.6) is 0 Å². The van der Waals surface area contributed by atoms with E-state index in [0.29, 0.717) is 5.02 Å². The van der Waals surface area contributed by atoms with Crippen molar-refractivity contribution in [1.82, 2.24) is 0 Å². The molecule has 0 radical (unpaired) electrons. The third-order valence-corrected chi connectivity index (χ3v) is 1.88. The number of alkyl halides is 3. The van der Waals surface area contributed by atoms with Gasteiger partial charge >= 0.3 is 12.2 Å². The Morgan fingerprint density at radius 2 is 1.71 bits per heavy atom. The molecule has 0 aliphatic heterocycles. The SMILES string of the molecule is [C-]#[N+]C(c1ccc(Cl)cc1)C(F)(F)F. The molecule has 1 atom stereocenters. The number of halogens is 4. The van der Waals surface area contributed by atoms with Gasteiger partial charge in [-0.1, -0.05) is 11.6 Å². The first-order valence-electron chi connectivity index (χ1n) is 3.64. The highest BCUT2D eigenvalue weighted by Crippen LogP contribution is 2.36. The van der Waals surface area contributed by atoms with Crippen LogP contribution in [0.4, 0.5) is 13.2 Å². The fraction of sp³-hybridized carbons (Fsp3) is 0.222. The summed E-state index contributed by atoms with van der Waals surface area (Å²) in [5.41, 5.74) is -0.0862. The Balaban J connectivity index is 3.04. The lowest BCUT2D eigenvalue weighted by Gasteiger charge is -2.09. The summed E-state index contributed by atoms with van der Waals surface area (Å²) in [7, 11) is 0. The Hall–Kier alpha value is -1.21. The van der Waals surface area contributed by atoms with Crippen molar-refractivity contribution in [3.63, 3.8) is 0 Å². The Morgan fingerprint density at radius 1 is 1.21 bits per heavy atom. The Kier molecular flexibility index (Phi) is 3.02. The number of rotatable bonds is 1. The van der Waals surface area contributed by atoms with Gasteiger partial charge in [-0.3, -0.25) is 4.85 Å². The largest absolute Gasteiger partial charge is 0.470 e. The topological polar surface area (TPSA) is 4.36 Å². The summed E-state index contributed by atoms with van der Waals surface area (Å²) in [6.45, 7) is 6.48. The molecule has 0 aliphatic rings. The molecular weight excluding hydrogens is 215 g/mol. The fourth-order valence-electron chi connectivity index (χ4n) is 0.982. The van der Waals surface area contributed by atoms with E-state index in [4.69, 9.17) is 18.2 Å². The average Bonchev–Trinajstić information content (AvgIpc) is 2.07. The van der Waals surface area contributed by atoms with Crippen LogP contribution in [0.2, 0.25) is 5.02 Å². The van der Waals surface area contributed by atoms with E-state index in [0.717, 1.165) is 0 Å². The highest BCUT2D eigenvalue weighted by atomic mass is 35.5. The first-order valence-corrected chi connectivity index (χ1v) is 4.01. The predicted molar refractivity (Wildman–Crippen MR) is 46.9 cm³/mol. The van der Waals surface area contributed by atoms with Crippen LogP contribution in [0, 0.1) is 6.57 Å². The van der Waals surface area contributed by atoms with Crippen LogP contribution in [-0.4, -0.2) is 6.18 Å². The molecule has 0 spiro atoms. The molecule has 14 heavy (non-hydrogen) atoms. The standard InChI is InChI=1S/C9H5ClF3N/c1-14-8(9(11,12)13)6-2-4-7(10)5-3-6/h2-5,8H. The summed E-state index contributed by atoms with van der Waals surface area (Å²) in [6, 6.07) is 2.98. The van der Waals surface area contributed by atoms with Crippen molar-refractivity contribution in [2.45, 2.75) is 12.2 Å². The molecule has 5 heteroatoms. The summed E-state index contributed by atoms with van der Waals surface area (Å²) in [5.74, 6) is 0. The van der Waals surface area contributed by atoms with E-state index in [1.54, 1.807) is 0 Å². The molecule has 0 saturated heterocycles. The second-order valence-corrected chi connectivity index (χ2v) is 3.06. The summed E-state index contributed by atoms with van der Waals surface area (Å²) >= 11 is 5.52. The van der Waals surface area contributed by atoms with E-state index in [2.05, 4.69) is 4.85 Å². The highest BCUT2D eigenvalue weighted by Gasteiger charge is 2.46. The molecule has 0 aliphatic carbocycles. The minimum Gasteiger partial charge on any atom is -0.298 e. The maximum Gasteiger partial charge on any atom is 0.470 e. The van der Waals surface area contributed by atoms with Gasteiger partial charge in [0.25, 0.3) is 0 Å². The molecule has 0 amide bonds. The maximum atomic E-state index is 12.3. The molecule has 0 fully saturated rings. The highest BCUT2D eigenvalue weighted by molar-refractivity contribution is 6.30. The number of hydrogen-bond donors (Lipinski definition) is 0. The molecule has 1 unspecified atom stereocenters. The van der Waals surface area contributed by atoms with Gasteiger partial charge in [0.1, 0.15) is 0 Å². The van der Waals surface area contributed by atoms with Crippen LogP contribution >= 0.6 is 11.6 Å². The third kappa shape index (κ3) is 2.39. The molecule has 1 nitrogen and oxygen atoms in total. The first kappa shape index (κ1) is 10.9. The summed E-state index contributed by atoms with van der Waals surface area (Å²) in [4.78, 5) is 2.54. The quantitative estimate of drug-likeness (QED) is 0.632. The molecular formula is C9H5ClF3N. The van der Waals surface area contributed by atoms with Crippen LogP contribution in [0.25, 0.3) is 4.85 Å². The van der Waals surface area contributed by atoms with Crippen molar-refractivity contribution in [2.24, 2.45) is 0 Å². The number of benzene rings is 1. The molecule has 74 valence electrons. The van der Waals surface area contributed by atoms with Crippen LogP contribution in [0.3, 0.4) is 0 Å². The van der Waals surface area contributed by atoms with Crippen molar-refractivity contribution in [2.75, 3.05) is 0 Å². The zero-order valence-corrected chi connectivity index (χ0v) is 7.60. The molecule has 1 rings (SSSR count). The summed E-state index contributed by atoms with van der Waals surface area (Å²) in [5, 5.41) is 0.347. The number of nitrogens with zero attached hydrogens (tertiary/aromatic N) is 1. The second-order valence-electron chi connectivity index (χ2n) is 2.62. The van der Waals surface area contributed by atoms with Crippen molar-refractivity contribution >= 4 is 11.6 Å². The van der Waals surface area contributed by atoms with Crippen molar-refractivity contribution in [1.29, 1.82) is 0 Å². The molecule has 0 N–H and O–H groups in total. The molecule has 0 aromatic heterocycles. The van der Waals surface area contributed by atoms with Crippen LogP contribution in [0.1, 0.15) is 11.6 Å². The normalized spacial score (nSPS) is 13.4. The minimum absolute atomic E-state index is 0.0862. The lowest BCUT2D eigenvalue weighted by molar-refractivity contribution is -0.140. The number of hydrogen-bond acceptors (Lipinski definition) is 0.